The molecule has 6 heteroatoms. The van der Waals surface area contributed by atoms with Crippen molar-refractivity contribution in [3.8, 4) is 5.82 Å². The van der Waals surface area contributed by atoms with Gasteiger partial charge in [-0.1, -0.05) is 89.3 Å². The Kier molecular flexibility index (Phi) is 7.11. The van der Waals surface area contributed by atoms with Crippen molar-refractivity contribution < 1.29 is 25.2 Å². The summed E-state index contributed by atoms with van der Waals surface area (Å²) in [7, 11) is 0. The number of benzene rings is 6. The molecule has 6 aromatic carbocycles. The van der Waals surface area contributed by atoms with E-state index in [-0.39, 0.29) is 26.6 Å². The van der Waals surface area contributed by atoms with Gasteiger partial charge in [0.15, 0.2) is 0 Å². The Bertz CT molecular complexity index is 2540. The van der Waals surface area contributed by atoms with Crippen LogP contribution in [0.3, 0.4) is 0 Å². The summed E-state index contributed by atoms with van der Waals surface area (Å²) in [6.07, 6.45) is 1.56. The largest absolute Gasteiger partial charge is 2.00 e. The minimum absolute atomic E-state index is 0. The van der Waals surface area contributed by atoms with Gasteiger partial charge < -0.3 is 19.3 Å². The second-order valence-corrected chi connectivity index (χ2v) is 11.8. The van der Waals surface area contributed by atoms with Crippen LogP contribution in [0.15, 0.2) is 158 Å². The quantitative estimate of drug-likeness (QED) is 0.156. The summed E-state index contributed by atoms with van der Waals surface area (Å²) >= 11 is 0. The molecule has 0 spiro atoms. The molecule has 49 heavy (non-hydrogen) atoms. The number of hydrogen-bond donors (Lipinski definition) is 0. The number of hydrogen-bond acceptors (Lipinski definition) is 4. The maximum absolute atomic E-state index is 8.05. The monoisotopic (exact) mass is 815 g/mol. The standard InChI is InChI=1S/C43H31N5.Pt/c1-31-25-26-44-43(27-31)48-39-20-9-8-19-37(39)38-24-23-36(29-42(38)48)47(33-15-6-3-7-16-33)35-18-12-17-34(28-35)46-30-45(32-13-4-2-5-14-32)40-21-10-11-22-41(40)46;/h2-27H,30H2,1H3;/q-2;+2/i1D3;. The van der Waals surface area contributed by atoms with E-state index in [1.165, 1.54) is 0 Å². The van der Waals surface area contributed by atoms with Crippen molar-refractivity contribution in [3.05, 3.63) is 176 Å². The number of aromatic nitrogens is 2. The number of aryl methyl sites for hydroxylation is 1. The minimum Gasteiger partial charge on any atom is -0.358 e. The first-order valence-electron chi connectivity index (χ1n) is 17.4. The zero-order valence-corrected chi connectivity index (χ0v) is 28.5. The van der Waals surface area contributed by atoms with Crippen LogP contribution in [0.2, 0.25) is 0 Å². The zero-order valence-electron chi connectivity index (χ0n) is 29.3. The van der Waals surface area contributed by atoms with Gasteiger partial charge in [0.05, 0.1) is 18.0 Å². The number of anilines is 7. The van der Waals surface area contributed by atoms with Gasteiger partial charge in [0, 0.05) is 27.2 Å². The maximum Gasteiger partial charge on any atom is 2.00 e. The molecular formula is C43H31N5Pt. The first kappa shape index (κ1) is 27.3. The fourth-order valence-corrected chi connectivity index (χ4v) is 6.76. The van der Waals surface area contributed by atoms with Crippen molar-refractivity contribution in [2.45, 2.75) is 6.85 Å². The zero-order chi connectivity index (χ0) is 34.5. The van der Waals surface area contributed by atoms with Gasteiger partial charge in [-0.25, -0.2) is 4.98 Å². The van der Waals surface area contributed by atoms with E-state index in [1.54, 1.807) is 18.3 Å². The third-order valence-electron chi connectivity index (χ3n) is 8.91. The van der Waals surface area contributed by atoms with Crippen LogP contribution in [0, 0.1) is 19.0 Å². The molecule has 1 aliphatic rings. The van der Waals surface area contributed by atoms with E-state index in [0.29, 0.717) is 12.5 Å². The van der Waals surface area contributed by atoms with E-state index >= 15 is 0 Å². The van der Waals surface area contributed by atoms with Crippen LogP contribution >= 0.6 is 0 Å². The number of pyridine rings is 1. The van der Waals surface area contributed by atoms with Crippen molar-refractivity contribution in [1.29, 1.82) is 0 Å². The number of rotatable bonds is 6. The molecular weight excluding hydrogens is 782 g/mol. The number of para-hydroxylation sites is 5. The van der Waals surface area contributed by atoms with Crippen LogP contribution in [0.4, 0.5) is 39.8 Å². The molecule has 0 radical (unpaired) electrons. The molecule has 1 aliphatic heterocycles. The van der Waals surface area contributed by atoms with Gasteiger partial charge in [-0.2, -0.15) is 12.1 Å². The van der Waals surface area contributed by atoms with Crippen molar-refractivity contribution in [1.82, 2.24) is 9.55 Å². The summed E-state index contributed by atoms with van der Waals surface area (Å²) in [5, 5.41) is 2.03. The Morgan fingerprint density at radius 3 is 2.18 bits per heavy atom. The predicted molar refractivity (Wildman–Crippen MR) is 198 cm³/mol. The summed E-state index contributed by atoms with van der Waals surface area (Å²) < 4.78 is 26.2. The molecule has 0 saturated carbocycles. The van der Waals surface area contributed by atoms with Crippen LogP contribution < -0.4 is 14.7 Å². The second kappa shape index (κ2) is 12.8. The van der Waals surface area contributed by atoms with Gasteiger partial charge in [-0.05, 0) is 72.4 Å². The van der Waals surface area contributed by atoms with Crippen LogP contribution in [0.1, 0.15) is 9.68 Å². The van der Waals surface area contributed by atoms with Crippen molar-refractivity contribution >= 4 is 61.6 Å². The van der Waals surface area contributed by atoms with Crippen molar-refractivity contribution in [2.24, 2.45) is 0 Å². The molecule has 9 rings (SSSR count). The van der Waals surface area contributed by atoms with Crippen LogP contribution in [0.5, 0.6) is 0 Å². The van der Waals surface area contributed by atoms with Crippen molar-refractivity contribution in [2.75, 3.05) is 21.4 Å². The van der Waals surface area contributed by atoms with Crippen LogP contribution in [0.25, 0.3) is 27.6 Å². The molecule has 3 heterocycles. The van der Waals surface area contributed by atoms with E-state index in [1.807, 2.05) is 47.0 Å². The van der Waals surface area contributed by atoms with Crippen LogP contribution in [-0.2, 0) is 21.1 Å². The third-order valence-corrected chi connectivity index (χ3v) is 8.91. The van der Waals surface area contributed by atoms with E-state index < -0.39 is 6.85 Å². The molecule has 0 fully saturated rings. The Balaban J connectivity index is 0.00000387. The molecule has 0 bridgehead atoms. The summed E-state index contributed by atoms with van der Waals surface area (Å²) in [5.74, 6) is 0.527. The number of fused-ring (bicyclic) bond motifs is 4. The van der Waals surface area contributed by atoms with E-state index in [4.69, 9.17) is 4.11 Å². The summed E-state index contributed by atoms with van der Waals surface area (Å²) in [6, 6.07) is 58.4. The average molecular weight is 816 g/mol. The Labute approximate surface area is 304 Å². The van der Waals surface area contributed by atoms with E-state index in [0.717, 1.165) is 61.6 Å². The molecule has 0 saturated heterocycles. The Hall–Kier alpha value is -5.64. The topological polar surface area (TPSA) is 27.5 Å². The SMILES string of the molecule is [2H]C([2H])([2H])c1ccnc(-n2c3[c-]c(N(c4[c-]c(N5CN(c6ccccc6)c6ccccc65)ccc4)c4ccccc4)ccc3c3ccccc32)c1.[Pt+2]. The fourth-order valence-electron chi connectivity index (χ4n) is 6.76. The van der Waals surface area contributed by atoms with Gasteiger partial charge in [0.1, 0.15) is 5.82 Å². The first-order valence-corrected chi connectivity index (χ1v) is 15.9. The van der Waals surface area contributed by atoms with Crippen molar-refractivity contribution in [3.63, 3.8) is 0 Å². The maximum atomic E-state index is 8.05. The van der Waals surface area contributed by atoms with Gasteiger partial charge in [0.25, 0.3) is 0 Å². The second-order valence-electron chi connectivity index (χ2n) is 11.8. The average Bonchev–Trinajstić information content (AvgIpc) is 3.72. The van der Waals surface area contributed by atoms with E-state index in [9.17, 15) is 0 Å². The first-order chi connectivity index (χ1) is 24.9. The minimum atomic E-state index is -2.26. The Morgan fingerprint density at radius 2 is 1.37 bits per heavy atom. The van der Waals surface area contributed by atoms with Gasteiger partial charge in [0.2, 0.25) is 0 Å². The van der Waals surface area contributed by atoms with E-state index in [2.05, 4.69) is 129 Å². The molecule has 5 nitrogen and oxygen atoms in total. The molecule has 0 amide bonds. The summed E-state index contributed by atoms with van der Waals surface area (Å²) in [4.78, 5) is 11.4. The molecule has 0 unspecified atom stereocenters. The third kappa shape index (κ3) is 5.37. The molecule has 2 aromatic heterocycles. The molecule has 0 atom stereocenters. The number of nitrogens with zero attached hydrogens (tertiary/aromatic N) is 5. The van der Waals surface area contributed by atoms with Crippen LogP contribution in [-0.4, -0.2) is 16.2 Å². The molecule has 8 aromatic rings. The molecule has 0 aliphatic carbocycles. The summed E-state index contributed by atoms with van der Waals surface area (Å²) in [6.45, 7) is -1.61. The summed E-state index contributed by atoms with van der Waals surface area (Å²) in [5.41, 5.74) is 8.92. The van der Waals surface area contributed by atoms with Gasteiger partial charge >= 0.3 is 21.1 Å². The fraction of sp³-hybridized carbons (Fsp3) is 0.0465. The molecule has 238 valence electrons. The normalized spacial score (nSPS) is 13.4. The van der Waals surface area contributed by atoms with Gasteiger partial charge in [-0.3, -0.25) is 0 Å². The predicted octanol–water partition coefficient (Wildman–Crippen LogP) is 10.8. The Morgan fingerprint density at radius 1 is 0.653 bits per heavy atom. The van der Waals surface area contributed by atoms with Gasteiger partial charge in [-0.15, -0.1) is 35.7 Å². The smallest absolute Gasteiger partial charge is 0.358 e. The molecule has 0 N–H and O–H groups in total.